The van der Waals surface area contributed by atoms with Gasteiger partial charge in [0.2, 0.25) is 0 Å². The number of aldehydes is 1. The minimum atomic E-state index is -0.474. The van der Waals surface area contributed by atoms with Crippen molar-refractivity contribution in [2.45, 2.75) is 26.3 Å². The molecule has 0 unspecified atom stereocenters. The number of benzene rings is 1. The van der Waals surface area contributed by atoms with Gasteiger partial charge in [0.1, 0.15) is 0 Å². The van der Waals surface area contributed by atoms with Crippen LogP contribution in [-0.2, 0) is 6.54 Å². The zero-order valence-corrected chi connectivity index (χ0v) is 12.2. The molecule has 22 heavy (non-hydrogen) atoms. The van der Waals surface area contributed by atoms with Crippen LogP contribution in [0, 0.1) is 10.1 Å². The van der Waals surface area contributed by atoms with Crippen LogP contribution in [0.2, 0.25) is 0 Å². The van der Waals surface area contributed by atoms with Gasteiger partial charge in [-0.3, -0.25) is 19.7 Å². The first-order chi connectivity index (χ1) is 10.6. The van der Waals surface area contributed by atoms with Gasteiger partial charge in [0.25, 0.3) is 11.2 Å². The molecule has 0 saturated carbocycles. The molecular weight excluding hydrogens is 284 g/mol. The molecule has 0 spiro atoms. The van der Waals surface area contributed by atoms with E-state index in [1.807, 2.05) is 6.92 Å². The molecule has 0 amide bonds. The van der Waals surface area contributed by atoms with E-state index in [2.05, 4.69) is 0 Å². The second-order valence-corrected chi connectivity index (χ2v) is 4.91. The predicted molar refractivity (Wildman–Crippen MR) is 83.1 cm³/mol. The van der Waals surface area contributed by atoms with Gasteiger partial charge in [0, 0.05) is 24.2 Å². The number of nitro groups is 1. The second-order valence-electron chi connectivity index (χ2n) is 4.91. The normalized spacial score (nSPS) is 10.4. The first-order valence-electron chi connectivity index (χ1n) is 7.02. The van der Waals surface area contributed by atoms with Crippen molar-refractivity contribution in [1.82, 2.24) is 4.57 Å². The fraction of sp³-hybridized carbons (Fsp3) is 0.250. The van der Waals surface area contributed by atoms with Gasteiger partial charge in [0.15, 0.2) is 6.29 Å². The number of hydrogen-bond donors (Lipinski definition) is 0. The molecule has 0 aliphatic heterocycles. The van der Waals surface area contributed by atoms with Crippen LogP contribution < -0.4 is 5.56 Å². The Morgan fingerprint density at radius 3 is 2.68 bits per heavy atom. The third-order valence-electron chi connectivity index (χ3n) is 3.42. The highest BCUT2D eigenvalue weighted by atomic mass is 16.6. The highest BCUT2D eigenvalue weighted by molar-refractivity contribution is 5.75. The fourth-order valence-electron chi connectivity index (χ4n) is 2.25. The third kappa shape index (κ3) is 3.11. The van der Waals surface area contributed by atoms with Crippen molar-refractivity contribution in [3.63, 3.8) is 0 Å². The number of rotatable bonds is 6. The van der Waals surface area contributed by atoms with Gasteiger partial charge in [0.05, 0.1) is 16.2 Å². The number of pyridine rings is 1. The summed E-state index contributed by atoms with van der Waals surface area (Å²) >= 11 is 0. The molecule has 0 bridgehead atoms. The molecule has 6 nitrogen and oxygen atoms in total. The summed E-state index contributed by atoms with van der Waals surface area (Å²) in [6.07, 6.45) is 2.21. The van der Waals surface area contributed by atoms with E-state index < -0.39 is 4.92 Å². The average Bonchev–Trinajstić information content (AvgIpc) is 2.53. The molecule has 1 aromatic heterocycles. The van der Waals surface area contributed by atoms with Crippen LogP contribution in [-0.4, -0.2) is 15.8 Å². The topological polar surface area (TPSA) is 82.2 Å². The Labute approximate surface area is 127 Å². The summed E-state index contributed by atoms with van der Waals surface area (Å²) in [5.74, 6) is 0. The van der Waals surface area contributed by atoms with E-state index in [-0.39, 0.29) is 16.8 Å². The summed E-state index contributed by atoms with van der Waals surface area (Å²) in [6, 6.07) is 9.22. The van der Waals surface area contributed by atoms with Gasteiger partial charge in [-0.2, -0.15) is 0 Å². The van der Waals surface area contributed by atoms with Gasteiger partial charge in [-0.25, -0.2) is 0 Å². The molecule has 0 fully saturated rings. The van der Waals surface area contributed by atoms with Gasteiger partial charge in [-0.05, 0) is 18.6 Å². The monoisotopic (exact) mass is 300 g/mol. The lowest BCUT2D eigenvalue weighted by molar-refractivity contribution is -0.384. The number of hydrogen-bond acceptors (Lipinski definition) is 4. The molecule has 2 rings (SSSR count). The first kappa shape index (κ1) is 15.6. The lowest BCUT2D eigenvalue weighted by atomic mass is 10.1. The summed E-state index contributed by atoms with van der Waals surface area (Å²) in [5.41, 5.74) is 0.844. The zero-order chi connectivity index (χ0) is 16.1. The lowest BCUT2D eigenvalue weighted by Crippen LogP contribution is -2.25. The number of carbonyl (C=O) groups excluding carboxylic acids is 1. The van der Waals surface area contributed by atoms with E-state index in [0.717, 1.165) is 12.8 Å². The van der Waals surface area contributed by atoms with Crippen LogP contribution in [0.15, 0.2) is 41.2 Å². The van der Waals surface area contributed by atoms with E-state index in [0.29, 0.717) is 24.1 Å². The molecule has 6 heteroatoms. The van der Waals surface area contributed by atoms with Crippen LogP contribution in [0.1, 0.15) is 30.1 Å². The summed E-state index contributed by atoms with van der Waals surface area (Å²) in [6.45, 7) is 2.47. The van der Waals surface area contributed by atoms with Crippen molar-refractivity contribution in [2.75, 3.05) is 0 Å². The van der Waals surface area contributed by atoms with Crippen molar-refractivity contribution in [1.29, 1.82) is 0 Å². The van der Waals surface area contributed by atoms with Crippen LogP contribution in [0.25, 0.3) is 11.3 Å². The molecule has 1 heterocycles. The predicted octanol–water partition coefficient (Wildman–Crippen LogP) is 3.04. The zero-order valence-electron chi connectivity index (χ0n) is 12.2. The van der Waals surface area contributed by atoms with Crippen molar-refractivity contribution in [3.8, 4) is 11.3 Å². The van der Waals surface area contributed by atoms with Gasteiger partial charge >= 0.3 is 0 Å². The van der Waals surface area contributed by atoms with Crippen LogP contribution >= 0.6 is 0 Å². The Morgan fingerprint density at radius 2 is 2.05 bits per heavy atom. The Morgan fingerprint density at radius 1 is 1.27 bits per heavy atom. The Kier molecular flexibility index (Phi) is 4.83. The minimum Gasteiger partial charge on any atom is -0.308 e. The van der Waals surface area contributed by atoms with E-state index in [9.17, 15) is 19.7 Å². The summed E-state index contributed by atoms with van der Waals surface area (Å²) in [5, 5.41) is 10.9. The van der Waals surface area contributed by atoms with E-state index in [1.165, 1.54) is 22.8 Å². The third-order valence-corrected chi connectivity index (χ3v) is 3.42. The first-order valence-corrected chi connectivity index (χ1v) is 7.02. The van der Waals surface area contributed by atoms with Gasteiger partial charge in [-0.1, -0.05) is 25.5 Å². The maximum Gasteiger partial charge on any atom is 0.270 e. The Bertz CT molecular complexity index is 765. The highest BCUT2D eigenvalue weighted by Crippen LogP contribution is 2.23. The highest BCUT2D eigenvalue weighted by Gasteiger charge is 2.13. The van der Waals surface area contributed by atoms with E-state index >= 15 is 0 Å². The molecule has 0 aliphatic carbocycles. The smallest absolute Gasteiger partial charge is 0.270 e. The largest absolute Gasteiger partial charge is 0.308 e. The minimum absolute atomic E-state index is 0.0357. The van der Waals surface area contributed by atoms with Gasteiger partial charge < -0.3 is 4.57 Å². The van der Waals surface area contributed by atoms with Crippen LogP contribution in [0.3, 0.4) is 0 Å². The molecule has 0 atom stereocenters. The fourth-order valence-corrected chi connectivity index (χ4v) is 2.25. The molecular formula is C16H16N2O4. The number of nitro benzene ring substituents is 1. The standard InChI is InChI=1S/C16H16N2O4/c1-2-3-9-17-15(8-7-13(11-19)16(17)20)12-5-4-6-14(10-12)18(21)22/h4-8,10-11H,2-3,9H2,1H3. The number of carbonyl (C=O) groups is 1. The number of non-ortho nitro benzene ring substituents is 1. The number of unbranched alkanes of at least 4 members (excludes halogenated alkanes) is 1. The molecule has 1 aromatic carbocycles. The second kappa shape index (κ2) is 6.80. The summed E-state index contributed by atoms with van der Waals surface area (Å²) in [7, 11) is 0. The molecule has 0 aliphatic rings. The molecule has 0 saturated heterocycles. The van der Waals surface area contributed by atoms with Crippen LogP contribution in [0.4, 0.5) is 5.69 Å². The molecule has 2 aromatic rings. The Hall–Kier alpha value is -2.76. The van der Waals surface area contributed by atoms with Crippen molar-refractivity contribution in [3.05, 3.63) is 62.4 Å². The summed E-state index contributed by atoms with van der Waals surface area (Å²) < 4.78 is 1.51. The maximum absolute atomic E-state index is 12.3. The van der Waals surface area contributed by atoms with Gasteiger partial charge in [-0.15, -0.1) is 0 Å². The molecule has 0 N–H and O–H groups in total. The maximum atomic E-state index is 12.3. The SMILES string of the molecule is CCCCn1c(-c2cccc([N+](=O)[O-])c2)ccc(C=O)c1=O. The summed E-state index contributed by atoms with van der Waals surface area (Å²) in [4.78, 5) is 33.7. The molecule has 114 valence electrons. The van der Waals surface area contributed by atoms with Crippen LogP contribution in [0.5, 0.6) is 0 Å². The number of aromatic nitrogens is 1. The van der Waals surface area contributed by atoms with E-state index in [1.54, 1.807) is 18.2 Å². The quantitative estimate of drug-likeness (QED) is 0.466. The lowest BCUT2D eigenvalue weighted by Gasteiger charge is -2.13. The van der Waals surface area contributed by atoms with Crippen molar-refractivity contribution < 1.29 is 9.72 Å². The van der Waals surface area contributed by atoms with E-state index in [4.69, 9.17) is 0 Å². The molecule has 0 radical (unpaired) electrons. The van der Waals surface area contributed by atoms with Crippen molar-refractivity contribution >= 4 is 12.0 Å². The average molecular weight is 300 g/mol. The number of nitrogens with zero attached hydrogens (tertiary/aromatic N) is 2. The van der Waals surface area contributed by atoms with Crippen molar-refractivity contribution in [2.24, 2.45) is 0 Å². The Balaban J connectivity index is 2.61.